The first-order valence-corrected chi connectivity index (χ1v) is 5.11. The summed E-state index contributed by atoms with van der Waals surface area (Å²) in [6.45, 7) is 2.99. The zero-order valence-electron chi connectivity index (χ0n) is 6.67. The Balaban J connectivity index is 2.11. The van der Waals surface area contributed by atoms with Gasteiger partial charge in [0.05, 0.1) is 0 Å². The molecule has 0 aromatic rings. The molecule has 1 atom stereocenters. The smallest absolute Gasteiger partial charge is 0.123 e. The molecule has 0 aromatic heterocycles. The summed E-state index contributed by atoms with van der Waals surface area (Å²) in [5.74, 6) is 1.60. The zero-order chi connectivity index (χ0) is 7.56. The lowest BCUT2D eigenvalue weighted by molar-refractivity contribution is 0.453. The third kappa shape index (κ3) is 2.48. The van der Waals surface area contributed by atoms with Crippen LogP contribution in [0.4, 0.5) is 0 Å². The Morgan fingerprint density at radius 3 is 2.60 bits per heavy atom. The molecule has 3 heteroatoms. The van der Waals surface area contributed by atoms with Gasteiger partial charge in [-0.1, -0.05) is 0 Å². The third-order valence-corrected chi connectivity index (χ3v) is 3.15. The van der Waals surface area contributed by atoms with Crippen molar-refractivity contribution in [3.05, 3.63) is 0 Å². The topological polar surface area (TPSA) is 26.3 Å². The van der Waals surface area contributed by atoms with Crippen LogP contribution < -0.4 is 0 Å². The van der Waals surface area contributed by atoms with E-state index in [0.29, 0.717) is 0 Å². The van der Waals surface area contributed by atoms with Crippen molar-refractivity contribution >= 4 is 11.4 Å². The van der Waals surface area contributed by atoms with Crippen LogP contribution >= 0.6 is 0 Å². The molecule has 0 spiro atoms. The van der Waals surface area contributed by atoms with E-state index < -0.39 is 11.4 Å². The van der Waals surface area contributed by atoms with Gasteiger partial charge in [0.15, 0.2) is 0 Å². The van der Waals surface area contributed by atoms with E-state index in [9.17, 15) is 4.55 Å². The van der Waals surface area contributed by atoms with E-state index in [1.54, 1.807) is 0 Å². The summed E-state index contributed by atoms with van der Waals surface area (Å²) in [5, 5.41) is 0. The molecule has 0 radical (unpaired) electrons. The zero-order valence-corrected chi connectivity index (χ0v) is 7.49. The summed E-state index contributed by atoms with van der Waals surface area (Å²) in [7, 11) is 1.94. The normalized spacial score (nSPS) is 21.6. The molecule has 60 valence electrons. The Morgan fingerprint density at radius 1 is 1.60 bits per heavy atom. The van der Waals surface area contributed by atoms with E-state index >= 15 is 0 Å². The van der Waals surface area contributed by atoms with Crippen molar-refractivity contribution in [2.45, 2.75) is 19.8 Å². The highest BCUT2D eigenvalue weighted by atomic mass is 32.2. The summed E-state index contributed by atoms with van der Waals surface area (Å²) in [4.78, 5) is 0. The highest BCUT2D eigenvalue weighted by molar-refractivity contribution is 7.89. The predicted octanol–water partition coefficient (Wildman–Crippen LogP) is 1.01. The number of hydrogen-bond donors (Lipinski definition) is 0. The van der Waals surface area contributed by atoms with Crippen molar-refractivity contribution < 1.29 is 4.55 Å². The summed E-state index contributed by atoms with van der Waals surface area (Å²) < 4.78 is 13.1. The van der Waals surface area contributed by atoms with Gasteiger partial charge in [0.1, 0.15) is 5.75 Å². The Hall–Kier alpha value is 0.270. The van der Waals surface area contributed by atoms with Gasteiger partial charge in [0.2, 0.25) is 0 Å². The highest BCUT2D eigenvalue weighted by Gasteiger charge is 2.26. The van der Waals surface area contributed by atoms with Crippen LogP contribution in [0.3, 0.4) is 0 Å². The van der Waals surface area contributed by atoms with Crippen LogP contribution in [0.15, 0.2) is 0 Å². The fourth-order valence-corrected chi connectivity index (χ4v) is 1.79. The molecule has 0 aromatic carbocycles. The second kappa shape index (κ2) is 3.60. The quantitative estimate of drug-likeness (QED) is 0.575. The lowest BCUT2D eigenvalue weighted by atomic mass is 10.4. The number of rotatable bonds is 4. The standard InChI is InChI=1S/C7H15NOS/c1-3-10(9)8(2)6-7-4-5-7/h7H,3-6H2,1-2H3. The fraction of sp³-hybridized carbons (Fsp3) is 1.00. The first-order valence-electron chi connectivity index (χ1n) is 3.83. The second-order valence-corrected chi connectivity index (χ2v) is 4.71. The third-order valence-electron chi connectivity index (χ3n) is 1.81. The minimum absolute atomic E-state index is 0.719. The van der Waals surface area contributed by atoms with Gasteiger partial charge in [-0.15, -0.1) is 4.31 Å². The maximum atomic E-state index is 11.1. The molecular formula is C7H15NOS. The minimum Gasteiger partial charge on any atom is -0.598 e. The molecule has 0 bridgehead atoms. The molecule has 1 fully saturated rings. The molecule has 1 unspecified atom stereocenters. The highest BCUT2D eigenvalue weighted by Crippen LogP contribution is 2.29. The van der Waals surface area contributed by atoms with Crippen molar-refractivity contribution in [1.29, 1.82) is 0 Å². The Bertz CT molecular complexity index is 106. The molecule has 0 aliphatic heterocycles. The first-order chi connectivity index (χ1) is 4.74. The van der Waals surface area contributed by atoms with Crippen LogP contribution in [-0.4, -0.2) is 28.2 Å². The lowest BCUT2D eigenvalue weighted by Gasteiger charge is -2.18. The monoisotopic (exact) mass is 161 g/mol. The molecule has 1 aliphatic carbocycles. The van der Waals surface area contributed by atoms with Gasteiger partial charge in [-0.25, -0.2) is 0 Å². The molecule has 10 heavy (non-hydrogen) atoms. The van der Waals surface area contributed by atoms with Crippen molar-refractivity contribution in [3.63, 3.8) is 0 Å². The Morgan fingerprint density at radius 2 is 2.20 bits per heavy atom. The van der Waals surface area contributed by atoms with E-state index in [0.717, 1.165) is 18.2 Å². The molecular weight excluding hydrogens is 146 g/mol. The van der Waals surface area contributed by atoms with Crippen molar-refractivity contribution in [2.75, 3.05) is 19.3 Å². The summed E-state index contributed by atoms with van der Waals surface area (Å²) in [6.07, 6.45) is 2.68. The van der Waals surface area contributed by atoms with Crippen LogP contribution in [0.25, 0.3) is 0 Å². The van der Waals surface area contributed by atoms with E-state index in [1.807, 2.05) is 18.3 Å². The molecule has 0 N–H and O–H groups in total. The molecule has 0 heterocycles. The maximum Gasteiger partial charge on any atom is 0.123 e. The van der Waals surface area contributed by atoms with Gasteiger partial charge in [-0.3, -0.25) is 0 Å². The van der Waals surface area contributed by atoms with E-state index in [4.69, 9.17) is 0 Å². The van der Waals surface area contributed by atoms with Gasteiger partial charge in [0.25, 0.3) is 0 Å². The van der Waals surface area contributed by atoms with E-state index in [1.165, 1.54) is 12.8 Å². The molecule has 1 saturated carbocycles. The van der Waals surface area contributed by atoms with E-state index in [-0.39, 0.29) is 0 Å². The first kappa shape index (κ1) is 8.37. The van der Waals surface area contributed by atoms with Crippen LogP contribution in [-0.2, 0) is 11.4 Å². The summed E-state index contributed by atoms with van der Waals surface area (Å²) >= 11 is -0.719. The van der Waals surface area contributed by atoms with Crippen LogP contribution in [0, 0.1) is 5.92 Å². The summed E-state index contributed by atoms with van der Waals surface area (Å²) in [6, 6.07) is 0. The van der Waals surface area contributed by atoms with E-state index in [2.05, 4.69) is 0 Å². The molecule has 0 amide bonds. The van der Waals surface area contributed by atoms with Crippen molar-refractivity contribution in [3.8, 4) is 0 Å². The largest absolute Gasteiger partial charge is 0.598 e. The van der Waals surface area contributed by atoms with Gasteiger partial charge in [0, 0.05) is 25.0 Å². The molecule has 1 aliphatic rings. The van der Waals surface area contributed by atoms with Gasteiger partial charge >= 0.3 is 0 Å². The van der Waals surface area contributed by atoms with Crippen LogP contribution in [0.1, 0.15) is 19.8 Å². The second-order valence-electron chi connectivity index (χ2n) is 2.86. The number of nitrogens with zero attached hydrogens (tertiary/aromatic N) is 1. The average Bonchev–Trinajstić information content (AvgIpc) is 2.70. The number of hydrogen-bond acceptors (Lipinski definition) is 2. The van der Waals surface area contributed by atoms with Crippen molar-refractivity contribution in [1.82, 2.24) is 4.31 Å². The average molecular weight is 161 g/mol. The van der Waals surface area contributed by atoms with Crippen molar-refractivity contribution in [2.24, 2.45) is 5.92 Å². The van der Waals surface area contributed by atoms with Gasteiger partial charge in [-0.2, -0.15) is 0 Å². The molecule has 1 rings (SSSR count). The Labute approximate surface area is 65.9 Å². The summed E-state index contributed by atoms with van der Waals surface area (Å²) in [5.41, 5.74) is 0. The van der Waals surface area contributed by atoms with Gasteiger partial charge in [-0.05, 0) is 25.7 Å². The molecule has 2 nitrogen and oxygen atoms in total. The van der Waals surface area contributed by atoms with Gasteiger partial charge < -0.3 is 4.55 Å². The predicted molar refractivity (Wildman–Crippen MR) is 44.0 cm³/mol. The molecule has 0 saturated heterocycles. The fourth-order valence-electron chi connectivity index (χ4n) is 0.968. The lowest BCUT2D eigenvalue weighted by Crippen LogP contribution is -2.30. The maximum absolute atomic E-state index is 11.1. The minimum atomic E-state index is -0.719. The SMILES string of the molecule is CC[S+]([O-])N(C)CC1CC1. The Kier molecular flexibility index (Phi) is 3.01. The van der Waals surface area contributed by atoms with Crippen LogP contribution in [0.2, 0.25) is 0 Å². The van der Waals surface area contributed by atoms with Crippen LogP contribution in [0.5, 0.6) is 0 Å².